The number of fused-ring (bicyclic) bond motifs is 1. The van der Waals surface area contributed by atoms with E-state index in [0.717, 1.165) is 54.3 Å². The van der Waals surface area contributed by atoms with Crippen molar-refractivity contribution >= 4 is 17.4 Å². The van der Waals surface area contributed by atoms with Crippen LogP contribution in [0.3, 0.4) is 0 Å². The highest BCUT2D eigenvalue weighted by molar-refractivity contribution is 5.99. The normalized spacial score (nSPS) is 17.9. The molecule has 2 aromatic heterocycles. The molecule has 1 aliphatic carbocycles. The molecule has 0 bridgehead atoms. The van der Waals surface area contributed by atoms with Gasteiger partial charge in [-0.05, 0) is 70.0 Å². The smallest absolute Gasteiger partial charge is 0.227 e. The maximum atomic E-state index is 12.9. The molecule has 0 radical (unpaired) electrons. The second-order valence-electron chi connectivity index (χ2n) is 8.07. The Morgan fingerprint density at radius 3 is 2.58 bits per heavy atom. The first-order valence-electron chi connectivity index (χ1n) is 11.0. The number of benzene rings is 1. The van der Waals surface area contributed by atoms with Crippen LogP contribution in [0.4, 0.5) is 11.6 Å². The summed E-state index contributed by atoms with van der Waals surface area (Å²) in [5.41, 5.74) is 3.82. The molecule has 1 N–H and O–H groups in total. The molecule has 7 nitrogen and oxygen atoms in total. The number of rotatable bonds is 5. The Hall–Kier alpha value is -3.35. The number of carbonyl (C=O) groups excluding carboxylic acids is 1. The van der Waals surface area contributed by atoms with Crippen molar-refractivity contribution in [1.82, 2.24) is 14.8 Å². The van der Waals surface area contributed by atoms with Crippen LogP contribution >= 0.6 is 0 Å². The van der Waals surface area contributed by atoms with Crippen LogP contribution in [-0.4, -0.2) is 33.6 Å². The summed E-state index contributed by atoms with van der Waals surface area (Å²) >= 11 is 0. The first-order valence-corrected chi connectivity index (χ1v) is 11.0. The highest BCUT2D eigenvalue weighted by atomic mass is 16.3. The minimum absolute atomic E-state index is 0.152. The summed E-state index contributed by atoms with van der Waals surface area (Å²) in [5.74, 6) is 2.97. The SMILES string of the molecule is CCN(CC)c1ccc(-c2nc3n(n2)C(c2ccc(C)o2)C2=C(CCCC2=O)N3)cc1. The number of nitrogens with zero attached hydrogens (tertiary/aromatic N) is 4. The molecule has 0 fully saturated rings. The number of allylic oxidation sites excluding steroid dienone is 2. The molecule has 2 aliphatic rings. The zero-order valence-electron chi connectivity index (χ0n) is 18.2. The van der Waals surface area contributed by atoms with Gasteiger partial charge in [-0.25, -0.2) is 4.68 Å². The molecule has 1 aliphatic heterocycles. The van der Waals surface area contributed by atoms with Crippen LogP contribution in [0.2, 0.25) is 0 Å². The van der Waals surface area contributed by atoms with E-state index < -0.39 is 0 Å². The summed E-state index contributed by atoms with van der Waals surface area (Å²) in [7, 11) is 0. The molecule has 7 heteroatoms. The quantitative estimate of drug-likeness (QED) is 0.648. The van der Waals surface area contributed by atoms with E-state index in [1.165, 1.54) is 5.69 Å². The van der Waals surface area contributed by atoms with E-state index in [4.69, 9.17) is 14.5 Å². The Labute approximate surface area is 181 Å². The summed E-state index contributed by atoms with van der Waals surface area (Å²) < 4.78 is 7.75. The van der Waals surface area contributed by atoms with Crippen molar-refractivity contribution in [2.24, 2.45) is 0 Å². The predicted octanol–water partition coefficient (Wildman–Crippen LogP) is 4.71. The second kappa shape index (κ2) is 7.72. The van der Waals surface area contributed by atoms with Gasteiger partial charge in [0.05, 0.1) is 0 Å². The Morgan fingerprint density at radius 1 is 1.13 bits per heavy atom. The third kappa shape index (κ3) is 3.34. The van der Waals surface area contributed by atoms with Gasteiger partial charge in [0.15, 0.2) is 11.6 Å². The van der Waals surface area contributed by atoms with Gasteiger partial charge in [-0.1, -0.05) is 0 Å². The first kappa shape index (κ1) is 19.6. The Bertz CT molecular complexity index is 1150. The molecule has 0 spiro atoms. The number of aromatic nitrogens is 3. The fourth-order valence-corrected chi connectivity index (χ4v) is 4.55. The molecule has 5 rings (SSSR count). The van der Waals surface area contributed by atoms with E-state index in [1.807, 2.05) is 19.1 Å². The number of carbonyl (C=O) groups is 1. The van der Waals surface area contributed by atoms with Gasteiger partial charge in [-0.2, -0.15) is 4.98 Å². The lowest BCUT2D eigenvalue weighted by atomic mass is 9.88. The van der Waals surface area contributed by atoms with Crippen molar-refractivity contribution in [1.29, 1.82) is 0 Å². The van der Waals surface area contributed by atoms with Crippen LogP contribution in [0.1, 0.15) is 50.7 Å². The monoisotopic (exact) mass is 417 g/mol. The molecule has 3 heterocycles. The number of hydrogen-bond acceptors (Lipinski definition) is 6. The maximum Gasteiger partial charge on any atom is 0.227 e. The standard InChI is InChI=1S/C24H27N5O2/c1-4-28(5-2)17-12-10-16(11-13-17)23-26-24-25-18-7-6-8-19(30)21(18)22(29(24)27-23)20-14-9-15(3)31-20/h9-14,22H,4-8H2,1-3H3,(H,25,26,27). The number of nitrogens with one attached hydrogen (secondary N) is 1. The van der Waals surface area contributed by atoms with Crippen LogP contribution in [0, 0.1) is 6.92 Å². The summed E-state index contributed by atoms with van der Waals surface area (Å²) in [6, 6.07) is 11.8. The van der Waals surface area contributed by atoms with Crippen molar-refractivity contribution in [3.8, 4) is 11.4 Å². The molecular weight excluding hydrogens is 390 g/mol. The van der Waals surface area contributed by atoms with Gasteiger partial charge in [0, 0.05) is 42.0 Å². The van der Waals surface area contributed by atoms with Crippen molar-refractivity contribution in [2.75, 3.05) is 23.3 Å². The molecular formula is C24H27N5O2. The predicted molar refractivity (Wildman–Crippen MR) is 120 cm³/mol. The molecule has 0 saturated heterocycles. The fraction of sp³-hybridized carbons (Fsp3) is 0.375. The molecule has 0 amide bonds. The van der Waals surface area contributed by atoms with E-state index in [9.17, 15) is 4.79 Å². The van der Waals surface area contributed by atoms with E-state index in [-0.39, 0.29) is 11.8 Å². The van der Waals surface area contributed by atoms with Gasteiger partial charge in [-0.15, -0.1) is 5.10 Å². The lowest BCUT2D eigenvalue weighted by Gasteiger charge is -2.30. The molecule has 3 aromatic rings. The van der Waals surface area contributed by atoms with Crippen LogP contribution < -0.4 is 10.2 Å². The molecule has 160 valence electrons. The molecule has 1 unspecified atom stereocenters. The van der Waals surface area contributed by atoms with Crippen LogP contribution in [0.25, 0.3) is 11.4 Å². The fourth-order valence-electron chi connectivity index (χ4n) is 4.55. The summed E-state index contributed by atoms with van der Waals surface area (Å²) in [6.07, 6.45) is 2.24. The van der Waals surface area contributed by atoms with Crippen molar-refractivity contribution in [3.63, 3.8) is 0 Å². The van der Waals surface area contributed by atoms with Crippen molar-refractivity contribution in [2.45, 2.75) is 46.1 Å². The van der Waals surface area contributed by atoms with E-state index in [0.29, 0.717) is 18.2 Å². The minimum Gasteiger partial charge on any atom is -0.464 e. The lowest BCUT2D eigenvalue weighted by molar-refractivity contribution is -0.116. The van der Waals surface area contributed by atoms with Crippen molar-refractivity contribution < 1.29 is 9.21 Å². The van der Waals surface area contributed by atoms with Crippen molar-refractivity contribution in [3.05, 3.63) is 59.2 Å². The number of aryl methyl sites for hydroxylation is 1. The van der Waals surface area contributed by atoms with Gasteiger partial charge in [0.1, 0.15) is 17.6 Å². The molecule has 31 heavy (non-hydrogen) atoms. The third-order valence-electron chi connectivity index (χ3n) is 6.15. The van der Waals surface area contributed by atoms with Gasteiger partial charge in [-0.3, -0.25) is 4.79 Å². The maximum absolute atomic E-state index is 12.9. The first-order chi connectivity index (χ1) is 15.1. The average Bonchev–Trinajstić information content (AvgIpc) is 3.40. The minimum atomic E-state index is -0.385. The van der Waals surface area contributed by atoms with Gasteiger partial charge >= 0.3 is 0 Å². The summed E-state index contributed by atoms with van der Waals surface area (Å²) in [5, 5.41) is 8.18. The number of anilines is 2. The number of hydrogen-bond donors (Lipinski definition) is 1. The summed E-state index contributed by atoms with van der Waals surface area (Å²) in [4.78, 5) is 19.9. The highest BCUT2D eigenvalue weighted by Crippen LogP contribution is 2.41. The third-order valence-corrected chi connectivity index (χ3v) is 6.15. The second-order valence-corrected chi connectivity index (χ2v) is 8.07. The summed E-state index contributed by atoms with van der Waals surface area (Å²) in [6.45, 7) is 8.15. The average molecular weight is 418 g/mol. The number of ketones is 1. The van der Waals surface area contributed by atoms with E-state index in [2.05, 4.69) is 48.3 Å². The van der Waals surface area contributed by atoms with Gasteiger partial charge < -0.3 is 14.6 Å². The van der Waals surface area contributed by atoms with Gasteiger partial charge in [0.25, 0.3) is 0 Å². The van der Waals surface area contributed by atoms with E-state index in [1.54, 1.807) is 4.68 Å². The Kier molecular flexibility index (Phi) is 4.88. The van der Waals surface area contributed by atoms with Crippen LogP contribution in [0.15, 0.2) is 52.1 Å². The zero-order valence-corrected chi connectivity index (χ0v) is 18.2. The lowest BCUT2D eigenvalue weighted by Crippen LogP contribution is -2.31. The Morgan fingerprint density at radius 2 is 1.90 bits per heavy atom. The highest BCUT2D eigenvalue weighted by Gasteiger charge is 2.38. The zero-order chi connectivity index (χ0) is 21.5. The van der Waals surface area contributed by atoms with Crippen LogP contribution in [-0.2, 0) is 4.79 Å². The van der Waals surface area contributed by atoms with Gasteiger partial charge in [0.2, 0.25) is 5.95 Å². The Balaban J connectivity index is 1.56. The largest absolute Gasteiger partial charge is 0.464 e. The molecule has 1 aromatic carbocycles. The number of Topliss-reactive ketones (excluding diaryl/α,β-unsaturated/α-hetero) is 1. The van der Waals surface area contributed by atoms with Crippen LogP contribution in [0.5, 0.6) is 0 Å². The molecule has 1 atom stereocenters. The number of furan rings is 1. The van der Waals surface area contributed by atoms with E-state index >= 15 is 0 Å². The molecule has 0 saturated carbocycles. The topological polar surface area (TPSA) is 76.2 Å².